The number of aryl methyl sites for hydroxylation is 1. The molecule has 1 amide bonds. The number of benzene rings is 4. The SMILES string of the molecule is Cc1cc(S(=O)(=O)O)cc2c3c(ccc12)[N+](CCS(=O)(=O)O)=C(/C=C/C(=C/C=C1/N(CCS(=O)(=O)O)c2ccc4c(S(=O)(=O)O)cc(S(=O)(=O)O)cc4c2C1(C)C)c1ccc(C(=O)NCCSSc2ccccn2)cn1)C3(C)C. The number of hydrogen-bond acceptors (Lipinski definition) is 16. The summed E-state index contributed by atoms with van der Waals surface area (Å²) < 4.78 is 177. The van der Waals surface area contributed by atoms with Crippen molar-refractivity contribution in [3.05, 3.63) is 149 Å². The zero-order valence-electron chi connectivity index (χ0n) is 42.6. The molecule has 0 aliphatic carbocycles. The molecule has 0 bridgehead atoms. The van der Waals surface area contributed by atoms with E-state index in [4.69, 9.17) is 0 Å². The van der Waals surface area contributed by atoms with Gasteiger partial charge in [0.1, 0.15) is 15.7 Å². The smallest absolute Gasteiger partial charge is 0.295 e. The highest BCUT2D eigenvalue weighted by molar-refractivity contribution is 8.76. The maximum atomic E-state index is 13.4. The van der Waals surface area contributed by atoms with Gasteiger partial charge in [0.05, 0.1) is 32.2 Å². The van der Waals surface area contributed by atoms with Crippen molar-refractivity contribution >= 4 is 122 Å². The van der Waals surface area contributed by atoms with Gasteiger partial charge in [0.2, 0.25) is 5.69 Å². The Balaban J connectivity index is 1.29. The van der Waals surface area contributed by atoms with Crippen molar-refractivity contribution in [1.82, 2.24) is 15.3 Å². The summed E-state index contributed by atoms with van der Waals surface area (Å²) in [4.78, 5) is 21.8. The molecule has 0 saturated carbocycles. The summed E-state index contributed by atoms with van der Waals surface area (Å²) in [5.41, 5.74) is 1.14. The summed E-state index contributed by atoms with van der Waals surface area (Å²) in [5.74, 6) is -1.44. The second-order valence-electron chi connectivity index (χ2n) is 19.5. The average Bonchev–Trinajstić information content (AvgIpc) is 3.71. The van der Waals surface area contributed by atoms with Gasteiger partial charge in [0.25, 0.3) is 56.5 Å². The summed E-state index contributed by atoms with van der Waals surface area (Å²) in [6.45, 7) is 8.26. The van der Waals surface area contributed by atoms with E-state index in [-0.39, 0.29) is 44.7 Å². The Hall–Kier alpha value is -5.89. The predicted octanol–water partition coefficient (Wildman–Crippen LogP) is 7.48. The first-order chi connectivity index (χ1) is 36.7. The fraction of sp³-hybridized carbons (Fsp3) is 0.255. The highest BCUT2D eigenvalue weighted by Crippen LogP contribution is 2.52. The minimum atomic E-state index is -5.13. The largest absolute Gasteiger partial charge is 0.351 e. The van der Waals surface area contributed by atoms with E-state index in [2.05, 4.69) is 15.3 Å². The van der Waals surface area contributed by atoms with E-state index >= 15 is 0 Å². The van der Waals surface area contributed by atoms with E-state index in [1.165, 1.54) is 63.0 Å². The number of carbonyl (C=O) groups excluding carboxylic acids is 1. The number of amides is 1. The lowest BCUT2D eigenvalue weighted by Gasteiger charge is -2.27. The zero-order valence-corrected chi connectivity index (χ0v) is 48.3. The van der Waals surface area contributed by atoms with Crippen molar-refractivity contribution < 1.29 is 74.2 Å². The molecule has 2 aliphatic heterocycles. The van der Waals surface area contributed by atoms with Gasteiger partial charge in [-0.1, -0.05) is 42.9 Å². The van der Waals surface area contributed by atoms with Crippen LogP contribution in [0.4, 0.5) is 11.4 Å². The summed E-state index contributed by atoms with van der Waals surface area (Å²) >= 11 is 0. The number of allylic oxidation sites excluding steroid dienone is 6. The summed E-state index contributed by atoms with van der Waals surface area (Å²) in [6.07, 6.45) is 9.47. The number of hydrogen-bond donors (Lipinski definition) is 6. The summed E-state index contributed by atoms with van der Waals surface area (Å²) in [6, 6.07) is 19.1. The van der Waals surface area contributed by atoms with Gasteiger partial charge in [-0.25, -0.2) is 4.98 Å². The zero-order chi connectivity index (χ0) is 57.8. The molecule has 418 valence electrons. The molecule has 4 aromatic carbocycles. The highest BCUT2D eigenvalue weighted by Gasteiger charge is 2.47. The van der Waals surface area contributed by atoms with E-state index < -0.39 is 95.2 Å². The first-order valence-corrected chi connectivity index (χ1v) is 33.5. The van der Waals surface area contributed by atoms with Gasteiger partial charge in [-0.05, 0) is 132 Å². The van der Waals surface area contributed by atoms with Crippen molar-refractivity contribution in [1.29, 1.82) is 0 Å². The van der Waals surface area contributed by atoms with E-state index in [1.54, 1.807) is 80.1 Å². The Morgan fingerprint density at radius 2 is 1.38 bits per heavy atom. The van der Waals surface area contributed by atoms with Gasteiger partial charge in [0.15, 0.2) is 12.3 Å². The predicted molar refractivity (Wildman–Crippen MR) is 302 cm³/mol. The lowest BCUT2D eigenvalue weighted by atomic mass is 9.78. The second-order valence-corrected chi connectivity index (χ2v) is 29.3. The average molecular weight is 1220 g/mol. The van der Waals surface area contributed by atoms with Crippen LogP contribution in [0.1, 0.15) is 60.4 Å². The molecule has 0 fully saturated rings. The van der Waals surface area contributed by atoms with Crippen molar-refractivity contribution in [2.45, 2.75) is 65.2 Å². The Morgan fingerprint density at radius 3 is 1.99 bits per heavy atom. The van der Waals surface area contributed by atoms with Gasteiger partial charge in [-0.2, -0.15) is 46.7 Å². The molecule has 8 rings (SSSR count). The lowest BCUT2D eigenvalue weighted by molar-refractivity contribution is -0.432. The number of rotatable bonds is 19. The molecule has 2 aliphatic rings. The van der Waals surface area contributed by atoms with Crippen LogP contribution >= 0.6 is 21.6 Å². The maximum Gasteiger partial charge on any atom is 0.295 e. The third-order valence-electron chi connectivity index (χ3n) is 13.5. The Labute approximate surface area is 464 Å². The van der Waals surface area contributed by atoms with Crippen LogP contribution < -0.4 is 10.2 Å². The molecular weight excluding hydrogens is 1160 g/mol. The fourth-order valence-corrected chi connectivity index (χ4v) is 14.5. The molecule has 4 heterocycles. The van der Waals surface area contributed by atoms with E-state index in [9.17, 15) is 69.6 Å². The van der Waals surface area contributed by atoms with Crippen LogP contribution in [0.15, 0.2) is 141 Å². The molecule has 0 atom stereocenters. The van der Waals surface area contributed by atoms with Gasteiger partial charge in [-0.3, -0.25) is 32.5 Å². The van der Waals surface area contributed by atoms with Crippen LogP contribution in [-0.4, -0.2) is 128 Å². The standard InChI is InChI=1S/C51H51N5O16S7/c1-31-26-34(77(64,65)66)27-38-36(31)12-15-41-47(38)50(2,3)44(55(41)21-24-75(58,59)60)17-10-32(40-14-9-33(30-54-40)49(57)53-20-23-73-74-46-8-6-7-19-52-46)11-18-45-51(4,5)48-39-28-35(78(67,68)69)29-43(79(70,71)72)37(39)13-16-42(48)56(45)22-25-76(61,62)63/h6-19,26-30H,20-25H2,1-5H3,(H5-,53,57,58,59,60,61,62,63,64,65,66,67,68,69,70,71,72)/p+1. The Bertz CT molecular complexity index is 4220. The van der Waals surface area contributed by atoms with E-state index in [1.807, 2.05) is 26.0 Å². The molecule has 28 heteroatoms. The Morgan fingerprint density at radius 1 is 0.722 bits per heavy atom. The quantitative estimate of drug-likeness (QED) is 0.0150. The summed E-state index contributed by atoms with van der Waals surface area (Å²) in [7, 11) is -21.2. The Kier molecular flexibility index (Phi) is 16.4. The molecule has 0 unspecified atom stereocenters. The fourth-order valence-electron chi connectivity index (χ4n) is 9.97. The number of pyridine rings is 2. The number of nitrogens with one attached hydrogen (secondary N) is 1. The molecule has 2 aromatic heterocycles. The second kappa shape index (κ2) is 21.9. The van der Waals surface area contributed by atoms with Crippen molar-refractivity contribution in [3.8, 4) is 0 Å². The van der Waals surface area contributed by atoms with Gasteiger partial charge in [-0.15, -0.1) is 0 Å². The first-order valence-electron chi connectivity index (χ1n) is 23.7. The van der Waals surface area contributed by atoms with Crippen LogP contribution in [0.3, 0.4) is 0 Å². The number of aromatic nitrogens is 2. The maximum absolute atomic E-state index is 13.4. The van der Waals surface area contributed by atoms with Gasteiger partial charge in [0, 0.05) is 76.7 Å². The van der Waals surface area contributed by atoms with Crippen LogP contribution in [0, 0.1) is 6.92 Å². The molecule has 0 spiro atoms. The third-order valence-corrected chi connectivity index (χ3v) is 19.7. The van der Waals surface area contributed by atoms with Crippen LogP contribution in [0.25, 0.3) is 27.1 Å². The van der Waals surface area contributed by atoms with Gasteiger partial charge < -0.3 is 10.2 Å². The first kappa shape index (κ1) is 59.2. The molecule has 6 aromatic rings. The lowest BCUT2D eigenvalue weighted by Crippen LogP contribution is -2.30. The highest BCUT2D eigenvalue weighted by atomic mass is 33.1. The molecule has 0 saturated heterocycles. The minimum absolute atomic E-state index is 0.0495. The van der Waals surface area contributed by atoms with Crippen molar-refractivity contribution in [2.75, 3.05) is 41.8 Å². The normalized spacial score (nSPS) is 16.4. The number of fused-ring (bicyclic) bond motifs is 6. The minimum Gasteiger partial charge on any atom is -0.351 e. The number of anilines is 1. The van der Waals surface area contributed by atoms with Crippen LogP contribution in [0.5, 0.6) is 0 Å². The number of carbonyl (C=O) groups is 1. The number of nitrogens with zero attached hydrogens (tertiary/aromatic N) is 4. The van der Waals surface area contributed by atoms with Crippen molar-refractivity contribution in [2.24, 2.45) is 0 Å². The summed E-state index contributed by atoms with van der Waals surface area (Å²) in [5, 5.41) is 4.55. The van der Waals surface area contributed by atoms with Crippen LogP contribution in [-0.2, 0) is 61.4 Å². The van der Waals surface area contributed by atoms with E-state index in [0.717, 1.165) is 11.1 Å². The molecule has 6 N–H and O–H groups in total. The molecule has 79 heavy (non-hydrogen) atoms. The monoisotopic (exact) mass is 1210 g/mol. The van der Waals surface area contributed by atoms with Crippen LogP contribution in [0.2, 0.25) is 0 Å². The molecule has 21 nitrogen and oxygen atoms in total. The molecule has 0 radical (unpaired) electrons. The van der Waals surface area contributed by atoms with E-state index in [0.29, 0.717) is 62.9 Å². The van der Waals surface area contributed by atoms with Gasteiger partial charge >= 0.3 is 0 Å². The third kappa shape index (κ3) is 12.8. The topological polar surface area (TPSA) is 333 Å². The van der Waals surface area contributed by atoms with Crippen molar-refractivity contribution in [3.63, 3.8) is 0 Å². The molecular formula is C51H52N5O16S7+.